The minimum Gasteiger partial charge on any atom is -0.497 e. The summed E-state index contributed by atoms with van der Waals surface area (Å²) in [7, 11) is 3.33. The fourth-order valence-corrected chi connectivity index (χ4v) is 3.69. The number of anilines is 2. The van der Waals surface area contributed by atoms with Crippen molar-refractivity contribution in [2.24, 2.45) is 0 Å². The summed E-state index contributed by atoms with van der Waals surface area (Å²) < 4.78 is 13.2. The number of pyridine rings is 1. The van der Waals surface area contributed by atoms with Crippen molar-refractivity contribution in [3.8, 4) is 22.8 Å². The predicted molar refractivity (Wildman–Crippen MR) is 118 cm³/mol. The highest BCUT2D eigenvalue weighted by atomic mass is 16.5. The number of aromatic nitrogens is 2. The summed E-state index contributed by atoms with van der Waals surface area (Å²) in [4.78, 5) is 4.95. The van der Waals surface area contributed by atoms with Crippen molar-refractivity contribution in [2.45, 2.75) is 20.8 Å². The molecule has 0 saturated heterocycles. The van der Waals surface area contributed by atoms with Crippen molar-refractivity contribution in [1.29, 1.82) is 0 Å². The van der Waals surface area contributed by atoms with E-state index in [0.29, 0.717) is 0 Å². The molecular formula is C24H25N3O2. The lowest BCUT2D eigenvalue weighted by molar-refractivity contribution is 0.404. The molecule has 5 heteroatoms. The summed E-state index contributed by atoms with van der Waals surface area (Å²) in [5.74, 6) is 2.41. The second kappa shape index (κ2) is 7.51. The van der Waals surface area contributed by atoms with Gasteiger partial charge in [0, 0.05) is 16.9 Å². The highest BCUT2D eigenvalue weighted by Gasteiger charge is 2.20. The molecule has 0 fully saturated rings. The van der Waals surface area contributed by atoms with Crippen LogP contribution in [0.1, 0.15) is 16.8 Å². The van der Waals surface area contributed by atoms with Crippen LogP contribution < -0.4 is 14.8 Å². The molecule has 0 bridgehead atoms. The zero-order valence-electron chi connectivity index (χ0n) is 17.4. The van der Waals surface area contributed by atoms with E-state index in [0.717, 1.165) is 45.6 Å². The smallest absolute Gasteiger partial charge is 0.143 e. The molecule has 0 amide bonds. The number of rotatable bonds is 5. The van der Waals surface area contributed by atoms with Gasteiger partial charge in [-0.05, 0) is 62.2 Å². The molecule has 2 heterocycles. The molecule has 4 aromatic rings. The molecule has 148 valence electrons. The van der Waals surface area contributed by atoms with E-state index < -0.39 is 0 Å². The molecule has 0 aliphatic carbocycles. The van der Waals surface area contributed by atoms with E-state index in [-0.39, 0.29) is 0 Å². The van der Waals surface area contributed by atoms with Gasteiger partial charge in [0.2, 0.25) is 0 Å². The van der Waals surface area contributed by atoms with Crippen molar-refractivity contribution in [3.05, 3.63) is 71.4 Å². The van der Waals surface area contributed by atoms with E-state index in [2.05, 4.69) is 54.8 Å². The monoisotopic (exact) mass is 387 g/mol. The van der Waals surface area contributed by atoms with Crippen molar-refractivity contribution >= 4 is 17.2 Å². The molecule has 0 spiro atoms. The lowest BCUT2D eigenvalue weighted by atomic mass is 10.1. The lowest BCUT2D eigenvalue weighted by Gasteiger charge is -2.16. The van der Waals surface area contributed by atoms with Crippen LogP contribution in [0, 0.1) is 20.8 Å². The maximum absolute atomic E-state index is 5.65. The zero-order valence-corrected chi connectivity index (χ0v) is 17.4. The topological polar surface area (TPSA) is 47.8 Å². The molecule has 0 unspecified atom stereocenters. The van der Waals surface area contributed by atoms with Crippen LogP contribution in [0.25, 0.3) is 16.9 Å². The molecule has 1 N–H and O–H groups in total. The number of para-hydroxylation sites is 1. The molecule has 2 aromatic heterocycles. The van der Waals surface area contributed by atoms with Crippen LogP contribution in [0.3, 0.4) is 0 Å². The summed E-state index contributed by atoms with van der Waals surface area (Å²) in [6.45, 7) is 6.30. The first-order valence-corrected chi connectivity index (χ1v) is 9.57. The number of benzene rings is 2. The van der Waals surface area contributed by atoms with Crippen LogP contribution in [0.5, 0.6) is 11.5 Å². The van der Waals surface area contributed by atoms with Gasteiger partial charge in [-0.1, -0.05) is 24.3 Å². The molecule has 5 nitrogen and oxygen atoms in total. The second-order valence-electron chi connectivity index (χ2n) is 7.13. The van der Waals surface area contributed by atoms with Gasteiger partial charge < -0.3 is 14.8 Å². The van der Waals surface area contributed by atoms with E-state index in [1.807, 2.05) is 30.3 Å². The number of ether oxygens (including phenoxy) is 2. The average molecular weight is 387 g/mol. The second-order valence-corrected chi connectivity index (χ2v) is 7.13. The predicted octanol–water partition coefficient (Wildman–Crippen LogP) is 5.69. The molecule has 0 radical (unpaired) electrons. The summed E-state index contributed by atoms with van der Waals surface area (Å²) >= 11 is 0. The Labute approximate surface area is 170 Å². The maximum Gasteiger partial charge on any atom is 0.143 e. The minimum atomic E-state index is 0.747. The van der Waals surface area contributed by atoms with Crippen molar-refractivity contribution in [1.82, 2.24) is 9.38 Å². The van der Waals surface area contributed by atoms with E-state index in [9.17, 15) is 0 Å². The van der Waals surface area contributed by atoms with Crippen molar-refractivity contribution in [3.63, 3.8) is 0 Å². The molecule has 0 saturated carbocycles. The van der Waals surface area contributed by atoms with Gasteiger partial charge in [0.25, 0.3) is 0 Å². The van der Waals surface area contributed by atoms with Crippen LogP contribution in [-0.2, 0) is 0 Å². The third-order valence-corrected chi connectivity index (χ3v) is 5.23. The molecule has 0 aliphatic rings. The van der Waals surface area contributed by atoms with Crippen LogP contribution in [-0.4, -0.2) is 23.6 Å². The number of aryl methyl sites for hydroxylation is 3. The van der Waals surface area contributed by atoms with Gasteiger partial charge in [0.1, 0.15) is 28.7 Å². The van der Waals surface area contributed by atoms with Crippen LogP contribution in [0.15, 0.2) is 54.6 Å². The van der Waals surface area contributed by atoms with E-state index in [1.54, 1.807) is 14.2 Å². The standard InChI is InChI=1S/C24H25N3O2/c1-15-8-6-9-16(2)22(15)26-24-23(25-21-11-7-10-17(3)27(21)24)19-14-18(28-4)12-13-20(19)29-5/h6-14,26H,1-5H3. The molecule has 0 atom stereocenters. The molecule has 0 aliphatic heterocycles. The quantitative estimate of drug-likeness (QED) is 0.478. The first-order chi connectivity index (χ1) is 14.0. The number of nitrogens with one attached hydrogen (secondary N) is 1. The third kappa shape index (κ3) is 3.29. The Bertz CT molecular complexity index is 1170. The van der Waals surface area contributed by atoms with Gasteiger partial charge >= 0.3 is 0 Å². The number of imidazole rings is 1. The number of nitrogens with zero attached hydrogens (tertiary/aromatic N) is 2. The number of methoxy groups -OCH3 is 2. The number of hydrogen-bond acceptors (Lipinski definition) is 4. The summed E-state index contributed by atoms with van der Waals surface area (Å²) in [6, 6.07) is 18.2. The molecule has 29 heavy (non-hydrogen) atoms. The van der Waals surface area contributed by atoms with Gasteiger partial charge in [0.05, 0.1) is 14.2 Å². The average Bonchev–Trinajstić information content (AvgIpc) is 3.10. The molecule has 4 rings (SSSR count). The summed E-state index contributed by atoms with van der Waals surface area (Å²) in [5.41, 5.74) is 7.10. The van der Waals surface area contributed by atoms with Crippen molar-refractivity contribution < 1.29 is 9.47 Å². The Balaban J connectivity index is 2.01. The summed E-state index contributed by atoms with van der Waals surface area (Å²) in [5, 5.41) is 3.66. The fraction of sp³-hybridized carbons (Fsp3) is 0.208. The Morgan fingerprint density at radius 3 is 2.28 bits per heavy atom. The Hall–Kier alpha value is -3.47. The van der Waals surface area contributed by atoms with Crippen LogP contribution in [0.2, 0.25) is 0 Å². The minimum absolute atomic E-state index is 0.747. The van der Waals surface area contributed by atoms with Gasteiger partial charge in [-0.15, -0.1) is 0 Å². The summed E-state index contributed by atoms with van der Waals surface area (Å²) in [6.07, 6.45) is 0. The van der Waals surface area contributed by atoms with Gasteiger partial charge in [-0.2, -0.15) is 0 Å². The van der Waals surface area contributed by atoms with Gasteiger partial charge in [-0.3, -0.25) is 4.40 Å². The first-order valence-electron chi connectivity index (χ1n) is 9.57. The Morgan fingerprint density at radius 1 is 0.862 bits per heavy atom. The largest absolute Gasteiger partial charge is 0.497 e. The number of hydrogen-bond donors (Lipinski definition) is 1. The molecular weight excluding hydrogens is 362 g/mol. The van der Waals surface area contributed by atoms with E-state index in [4.69, 9.17) is 14.5 Å². The fourth-order valence-electron chi connectivity index (χ4n) is 3.69. The Morgan fingerprint density at radius 2 is 1.59 bits per heavy atom. The SMILES string of the molecule is COc1ccc(OC)c(-c2nc3cccc(C)n3c2Nc2c(C)cccc2C)c1. The highest BCUT2D eigenvalue weighted by Crippen LogP contribution is 2.39. The third-order valence-electron chi connectivity index (χ3n) is 5.23. The first kappa shape index (κ1) is 18.9. The van der Waals surface area contributed by atoms with Gasteiger partial charge in [0.15, 0.2) is 0 Å². The number of fused-ring (bicyclic) bond motifs is 1. The normalized spacial score (nSPS) is 10.9. The van der Waals surface area contributed by atoms with Crippen molar-refractivity contribution in [2.75, 3.05) is 19.5 Å². The van der Waals surface area contributed by atoms with E-state index in [1.165, 1.54) is 11.1 Å². The maximum atomic E-state index is 5.65. The van der Waals surface area contributed by atoms with Crippen LogP contribution in [0.4, 0.5) is 11.5 Å². The van der Waals surface area contributed by atoms with E-state index >= 15 is 0 Å². The zero-order chi connectivity index (χ0) is 20.5. The highest BCUT2D eigenvalue weighted by molar-refractivity contribution is 5.84. The van der Waals surface area contributed by atoms with Gasteiger partial charge in [-0.25, -0.2) is 4.98 Å². The van der Waals surface area contributed by atoms with Crippen LogP contribution >= 0.6 is 0 Å². The molecule has 2 aromatic carbocycles. The lowest BCUT2D eigenvalue weighted by Crippen LogP contribution is -2.02. The Kier molecular flexibility index (Phi) is 4.89.